The molecular formula is C18H22N4. The molecule has 2 heterocycles. The molecule has 2 aromatic heterocycles. The van der Waals surface area contributed by atoms with Crippen molar-refractivity contribution in [2.24, 2.45) is 0 Å². The van der Waals surface area contributed by atoms with Crippen LogP contribution in [0.3, 0.4) is 0 Å². The summed E-state index contributed by atoms with van der Waals surface area (Å²) in [6.45, 7) is 8.51. The van der Waals surface area contributed by atoms with Crippen LogP contribution in [-0.2, 0) is 0 Å². The molecule has 3 aromatic rings. The van der Waals surface area contributed by atoms with E-state index in [0.29, 0.717) is 6.04 Å². The molecule has 4 heteroatoms. The van der Waals surface area contributed by atoms with Crippen molar-refractivity contribution in [3.63, 3.8) is 0 Å². The van der Waals surface area contributed by atoms with Gasteiger partial charge in [0.25, 0.3) is 0 Å². The highest BCUT2D eigenvalue weighted by Gasteiger charge is 2.15. The third-order valence-electron chi connectivity index (χ3n) is 4.21. The van der Waals surface area contributed by atoms with E-state index < -0.39 is 0 Å². The fourth-order valence-corrected chi connectivity index (χ4v) is 2.51. The van der Waals surface area contributed by atoms with Gasteiger partial charge < -0.3 is 5.32 Å². The highest BCUT2D eigenvalue weighted by molar-refractivity contribution is 5.78. The van der Waals surface area contributed by atoms with Gasteiger partial charge in [0.2, 0.25) is 0 Å². The van der Waals surface area contributed by atoms with Crippen molar-refractivity contribution in [2.45, 2.75) is 40.2 Å². The van der Waals surface area contributed by atoms with Gasteiger partial charge >= 0.3 is 0 Å². The Morgan fingerprint density at radius 3 is 2.59 bits per heavy atom. The van der Waals surface area contributed by atoms with Gasteiger partial charge in [-0.15, -0.1) is 0 Å². The Bertz CT molecular complexity index is 790. The van der Waals surface area contributed by atoms with Crippen LogP contribution in [0.2, 0.25) is 0 Å². The Labute approximate surface area is 131 Å². The van der Waals surface area contributed by atoms with E-state index in [9.17, 15) is 0 Å². The SMILES string of the molecule is CCC(C)Nc1c(C)c(C)nc2c(-c3ccccc3)cnn12. The smallest absolute Gasteiger partial charge is 0.165 e. The zero-order chi connectivity index (χ0) is 15.7. The molecule has 0 saturated heterocycles. The minimum absolute atomic E-state index is 0.396. The molecule has 22 heavy (non-hydrogen) atoms. The summed E-state index contributed by atoms with van der Waals surface area (Å²) in [6, 6.07) is 10.7. The number of fused-ring (bicyclic) bond motifs is 1. The zero-order valence-corrected chi connectivity index (χ0v) is 13.6. The lowest BCUT2D eigenvalue weighted by molar-refractivity contribution is 0.745. The molecule has 0 spiro atoms. The molecular weight excluding hydrogens is 272 g/mol. The maximum atomic E-state index is 4.77. The largest absolute Gasteiger partial charge is 0.367 e. The van der Waals surface area contributed by atoms with Gasteiger partial charge in [0.05, 0.1) is 6.20 Å². The van der Waals surface area contributed by atoms with Crippen molar-refractivity contribution in [3.8, 4) is 11.1 Å². The van der Waals surface area contributed by atoms with Crippen molar-refractivity contribution >= 4 is 11.5 Å². The van der Waals surface area contributed by atoms with Gasteiger partial charge in [-0.05, 0) is 32.8 Å². The summed E-state index contributed by atoms with van der Waals surface area (Å²) in [4.78, 5) is 4.77. The number of nitrogens with one attached hydrogen (secondary N) is 1. The van der Waals surface area contributed by atoms with Crippen molar-refractivity contribution in [2.75, 3.05) is 5.32 Å². The van der Waals surface area contributed by atoms with E-state index in [1.54, 1.807) is 0 Å². The fourth-order valence-electron chi connectivity index (χ4n) is 2.51. The van der Waals surface area contributed by atoms with E-state index in [0.717, 1.165) is 40.3 Å². The lowest BCUT2D eigenvalue weighted by Crippen LogP contribution is -2.18. The Kier molecular flexibility index (Phi) is 3.84. The van der Waals surface area contributed by atoms with Crippen LogP contribution in [0, 0.1) is 13.8 Å². The standard InChI is InChI=1S/C18H22N4/c1-5-12(2)20-17-13(3)14(4)21-18-16(11-19-22(17)18)15-9-7-6-8-10-15/h6-12,20H,5H2,1-4H3. The zero-order valence-electron chi connectivity index (χ0n) is 13.6. The highest BCUT2D eigenvalue weighted by atomic mass is 15.3. The predicted octanol–water partition coefficient (Wildman–Crippen LogP) is 4.22. The second-order valence-corrected chi connectivity index (χ2v) is 5.78. The molecule has 0 aliphatic carbocycles. The van der Waals surface area contributed by atoms with E-state index in [-0.39, 0.29) is 0 Å². The average molecular weight is 294 g/mol. The summed E-state index contributed by atoms with van der Waals surface area (Å²) in [5.41, 5.74) is 5.30. The van der Waals surface area contributed by atoms with Gasteiger partial charge in [-0.3, -0.25) is 0 Å². The lowest BCUT2D eigenvalue weighted by Gasteiger charge is -2.17. The number of nitrogens with zero attached hydrogens (tertiary/aromatic N) is 3. The Balaban J connectivity index is 2.20. The molecule has 114 valence electrons. The van der Waals surface area contributed by atoms with Crippen molar-refractivity contribution in [1.82, 2.24) is 14.6 Å². The third-order valence-corrected chi connectivity index (χ3v) is 4.21. The van der Waals surface area contributed by atoms with Gasteiger partial charge in [-0.25, -0.2) is 4.98 Å². The van der Waals surface area contributed by atoms with Crippen LogP contribution in [0.5, 0.6) is 0 Å². The second-order valence-electron chi connectivity index (χ2n) is 5.78. The van der Waals surface area contributed by atoms with Gasteiger partial charge in [0.15, 0.2) is 5.65 Å². The van der Waals surface area contributed by atoms with Crippen LogP contribution in [0.25, 0.3) is 16.8 Å². The van der Waals surface area contributed by atoms with Crippen molar-refractivity contribution in [1.29, 1.82) is 0 Å². The first kappa shape index (κ1) is 14.6. The molecule has 1 aromatic carbocycles. The maximum Gasteiger partial charge on any atom is 0.165 e. The normalized spacial score (nSPS) is 12.5. The quantitative estimate of drug-likeness (QED) is 0.783. The lowest BCUT2D eigenvalue weighted by atomic mass is 10.1. The molecule has 0 radical (unpaired) electrons. The van der Waals surface area contributed by atoms with Crippen molar-refractivity contribution < 1.29 is 0 Å². The summed E-state index contributed by atoms with van der Waals surface area (Å²) < 4.78 is 1.93. The van der Waals surface area contributed by atoms with Crippen LogP contribution < -0.4 is 5.32 Å². The van der Waals surface area contributed by atoms with Crippen LogP contribution in [-0.4, -0.2) is 20.6 Å². The Morgan fingerprint density at radius 2 is 1.91 bits per heavy atom. The summed E-state index contributed by atoms with van der Waals surface area (Å²) in [5, 5.41) is 8.14. The Hall–Kier alpha value is -2.36. The summed E-state index contributed by atoms with van der Waals surface area (Å²) >= 11 is 0. The molecule has 1 N–H and O–H groups in total. The van der Waals surface area contributed by atoms with Crippen LogP contribution >= 0.6 is 0 Å². The van der Waals surface area contributed by atoms with E-state index in [1.165, 1.54) is 0 Å². The number of anilines is 1. The van der Waals surface area contributed by atoms with Gasteiger partial charge in [-0.1, -0.05) is 37.3 Å². The number of hydrogen-bond donors (Lipinski definition) is 1. The molecule has 3 rings (SSSR count). The van der Waals surface area contributed by atoms with Crippen LogP contribution in [0.1, 0.15) is 31.5 Å². The first-order chi connectivity index (χ1) is 10.6. The second kappa shape index (κ2) is 5.79. The van der Waals surface area contributed by atoms with Crippen LogP contribution in [0.4, 0.5) is 5.82 Å². The number of benzene rings is 1. The number of hydrogen-bond acceptors (Lipinski definition) is 3. The summed E-state index contributed by atoms with van der Waals surface area (Å²) in [5.74, 6) is 1.04. The maximum absolute atomic E-state index is 4.77. The Morgan fingerprint density at radius 1 is 1.18 bits per heavy atom. The molecule has 0 bridgehead atoms. The number of aryl methyl sites for hydroxylation is 1. The molecule has 0 aliphatic heterocycles. The predicted molar refractivity (Wildman–Crippen MR) is 91.3 cm³/mol. The van der Waals surface area contributed by atoms with Gasteiger partial charge in [0.1, 0.15) is 5.82 Å². The minimum Gasteiger partial charge on any atom is -0.367 e. The number of aromatic nitrogens is 3. The average Bonchev–Trinajstić information content (AvgIpc) is 2.95. The fraction of sp³-hybridized carbons (Fsp3) is 0.333. The van der Waals surface area contributed by atoms with E-state index in [1.807, 2.05) is 28.9 Å². The monoisotopic (exact) mass is 294 g/mol. The van der Waals surface area contributed by atoms with E-state index in [4.69, 9.17) is 4.98 Å². The molecule has 0 saturated carbocycles. The molecule has 0 amide bonds. The minimum atomic E-state index is 0.396. The highest BCUT2D eigenvalue weighted by Crippen LogP contribution is 2.28. The molecule has 0 aliphatic rings. The van der Waals surface area contributed by atoms with Gasteiger partial charge in [-0.2, -0.15) is 9.61 Å². The van der Waals surface area contributed by atoms with Crippen molar-refractivity contribution in [3.05, 3.63) is 47.8 Å². The molecule has 1 unspecified atom stereocenters. The topological polar surface area (TPSA) is 42.2 Å². The van der Waals surface area contributed by atoms with Crippen LogP contribution in [0.15, 0.2) is 36.5 Å². The summed E-state index contributed by atoms with van der Waals surface area (Å²) in [6.07, 6.45) is 2.97. The first-order valence-corrected chi connectivity index (χ1v) is 7.78. The molecule has 0 fully saturated rings. The molecule has 1 atom stereocenters. The molecule has 4 nitrogen and oxygen atoms in total. The third kappa shape index (κ3) is 2.45. The first-order valence-electron chi connectivity index (χ1n) is 7.78. The number of rotatable bonds is 4. The summed E-state index contributed by atoms with van der Waals surface area (Å²) in [7, 11) is 0. The van der Waals surface area contributed by atoms with E-state index >= 15 is 0 Å². The van der Waals surface area contributed by atoms with E-state index in [2.05, 4.69) is 50.2 Å². The van der Waals surface area contributed by atoms with Gasteiger partial charge in [0, 0.05) is 22.9 Å².